The molecule has 0 fully saturated rings. The number of amides is 2. The molecule has 0 saturated heterocycles. The van der Waals surface area contributed by atoms with Gasteiger partial charge in [-0.2, -0.15) is 0 Å². The molecule has 1 unspecified atom stereocenters. The van der Waals surface area contributed by atoms with Gasteiger partial charge < -0.3 is 15.3 Å². The molecule has 2 amide bonds. The molecule has 5 nitrogen and oxygen atoms in total. The lowest BCUT2D eigenvalue weighted by atomic mass is 9.90. The number of carboxylic acid groups (broad SMARTS) is 1. The van der Waals surface area contributed by atoms with Gasteiger partial charge in [0.25, 0.3) is 0 Å². The van der Waals surface area contributed by atoms with Gasteiger partial charge in [-0.1, -0.05) is 24.3 Å². The predicted molar refractivity (Wildman–Crippen MR) is 74.1 cm³/mol. The highest BCUT2D eigenvalue weighted by Gasteiger charge is 2.32. The van der Waals surface area contributed by atoms with E-state index in [4.69, 9.17) is 6.42 Å². The van der Waals surface area contributed by atoms with Crippen molar-refractivity contribution in [1.82, 2.24) is 10.2 Å². The Kier molecular flexibility index (Phi) is 4.26. The van der Waals surface area contributed by atoms with Crippen LogP contribution in [0.5, 0.6) is 0 Å². The number of nitrogens with one attached hydrogen (secondary N) is 1. The summed E-state index contributed by atoms with van der Waals surface area (Å²) in [6, 6.07) is 7.05. The molecule has 20 heavy (non-hydrogen) atoms. The normalized spacial score (nSPS) is 16.9. The van der Waals surface area contributed by atoms with Crippen LogP contribution >= 0.6 is 0 Å². The van der Waals surface area contributed by atoms with Crippen molar-refractivity contribution in [2.24, 2.45) is 0 Å². The molecule has 0 bridgehead atoms. The minimum Gasteiger partial charge on any atom is -0.481 e. The van der Waals surface area contributed by atoms with Gasteiger partial charge in [0.15, 0.2) is 0 Å². The number of carboxylic acids is 1. The van der Waals surface area contributed by atoms with Crippen LogP contribution < -0.4 is 5.32 Å². The number of carbonyl (C=O) groups excluding carboxylic acids is 1. The summed E-state index contributed by atoms with van der Waals surface area (Å²) < 4.78 is 0. The van der Waals surface area contributed by atoms with Gasteiger partial charge in [-0.3, -0.25) is 4.79 Å². The van der Waals surface area contributed by atoms with Crippen molar-refractivity contribution in [2.75, 3.05) is 13.1 Å². The Morgan fingerprint density at radius 2 is 2.20 bits per heavy atom. The lowest BCUT2D eigenvalue weighted by molar-refractivity contribution is -0.139. The third-order valence-corrected chi connectivity index (χ3v) is 3.33. The Morgan fingerprint density at radius 3 is 2.90 bits per heavy atom. The molecule has 0 aliphatic carbocycles. The summed E-state index contributed by atoms with van der Waals surface area (Å²) in [7, 11) is 0. The Bertz CT molecular complexity index is 562. The minimum absolute atomic E-state index is 0.175. The average molecular weight is 272 g/mol. The quantitative estimate of drug-likeness (QED) is 0.645. The number of urea groups is 1. The number of terminal acetylenes is 1. The second-order valence-electron chi connectivity index (χ2n) is 4.66. The fourth-order valence-electron chi connectivity index (χ4n) is 2.33. The highest BCUT2D eigenvalue weighted by molar-refractivity contribution is 5.80. The molecule has 5 heteroatoms. The van der Waals surface area contributed by atoms with Crippen LogP contribution in [0.15, 0.2) is 24.3 Å². The van der Waals surface area contributed by atoms with Crippen molar-refractivity contribution in [1.29, 1.82) is 0 Å². The zero-order valence-electron chi connectivity index (χ0n) is 11.0. The summed E-state index contributed by atoms with van der Waals surface area (Å²) in [5, 5.41) is 12.0. The highest BCUT2D eigenvalue weighted by atomic mass is 16.4. The summed E-state index contributed by atoms with van der Waals surface area (Å²) >= 11 is 0. The maximum Gasteiger partial charge on any atom is 0.317 e. The predicted octanol–water partition coefficient (Wildman–Crippen LogP) is 1.40. The molecule has 0 spiro atoms. The molecule has 1 atom stereocenters. The molecule has 0 aromatic heterocycles. The van der Waals surface area contributed by atoms with Gasteiger partial charge in [0.2, 0.25) is 0 Å². The first kappa shape index (κ1) is 13.9. The van der Waals surface area contributed by atoms with E-state index in [1.165, 1.54) is 4.90 Å². The number of hydrogen-bond donors (Lipinski definition) is 2. The van der Waals surface area contributed by atoms with Crippen LogP contribution in [0, 0.1) is 12.3 Å². The van der Waals surface area contributed by atoms with E-state index in [1.807, 2.05) is 24.3 Å². The Labute approximate surface area is 117 Å². The molecule has 1 aliphatic rings. The maximum absolute atomic E-state index is 12.0. The van der Waals surface area contributed by atoms with Gasteiger partial charge in [0.05, 0.1) is 5.92 Å². The number of hydrogen-bond acceptors (Lipinski definition) is 2. The molecule has 1 heterocycles. The first-order valence-corrected chi connectivity index (χ1v) is 6.40. The highest BCUT2D eigenvalue weighted by Crippen LogP contribution is 2.28. The lowest BCUT2D eigenvalue weighted by Gasteiger charge is -2.32. The first-order chi connectivity index (χ1) is 9.63. The molecule has 2 N–H and O–H groups in total. The topological polar surface area (TPSA) is 69.6 Å². The van der Waals surface area contributed by atoms with Crippen LogP contribution in [0.1, 0.15) is 23.5 Å². The molecule has 0 radical (unpaired) electrons. The van der Waals surface area contributed by atoms with Crippen molar-refractivity contribution in [3.05, 3.63) is 35.4 Å². The van der Waals surface area contributed by atoms with Crippen LogP contribution in [0.4, 0.5) is 4.79 Å². The van der Waals surface area contributed by atoms with E-state index in [2.05, 4.69) is 11.2 Å². The van der Waals surface area contributed by atoms with Crippen LogP contribution in [-0.4, -0.2) is 35.1 Å². The molecular weight excluding hydrogens is 256 g/mol. The minimum atomic E-state index is -0.918. The Morgan fingerprint density at radius 1 is 1.45 bits per heavy atom. The zero-order chi connectivity index (χ0) is 14.5. The smallest absolute Gasteiger partial charge is 0.317 e. The van der Waals surface area contributed by atoms with E-state index >= 15 is 0 Å². The summed E-state index contributed by atoms with van der Waals surface area (Å²) in [5.41, 5.74) is 1.66. The van der Waals surface area contributed by atoms with Gasteiger partial charge in [0, 0.05) is 26.1 Å². The number of fused-ring (bicyclic) bond motifs is 1. The van der Waals surface area contributed by atoms with Gasteiger partial charge >= 0.3 is 12.0 Å². The number of nitrogens with zero attached hydrogens (tertiary/aromatic N) is 1. The maximum atomic E-state index is 12.0. The molecule has 0 saturated carbocycles. The van der Waals surface area contributed by atoms with Crippen LogP contribution in [0.2, 0.25) is 0 Å². The zero-order valence-corrected chi connectivity index (χ0v) is 11.0. The summed E-state index contributed by atoms with van der Waals surface area (Å²) in [6.45, 7) is 0.987. The Hall–Kier alpha value is -2.48. The molecule has 1 aliphatic heterocycles. The van der Waals surface area contributed by atoms with Crippen molar-refractivity contribution in [3.8, 4) is 12.3 Å². The number of aliphatic carboxylic acids is 1. The van der Waals surface area contributed by atoms with Crippen LogP contribution in [0.3, 0.4) is 0 Å². The first-order valence-electron chi connectivity index (χ1n) is 6.40. The van der Waals surface area contributed by atoms with Gasteiger partial charge in [-0.25, -0.2) is 4.79 Å². The monoisotopic (exact) mass is 272 g/mol. The van der Waals surface area contributed by atoms with E-state index in [0.717, 1.165) is 11.1 Å². The van der Waals surface area contributed by atoms with E-state index in [9.17, 15) is 14.7 Å². The fraction of sp³-hybridized carbons (Fsp3) is 0.333. The summed E-state index contributed by atoms with van der Waals surface area (Å²) in [4.78, 5) is 24.9. The number of benzene rings is 1. The van der Waals surface area contributed by atoms with Gasteiger partial charge in [-0.05, 0) is 11.1 Å². The largest absolute Gasteiger partial charge is 0.481 e. The standard InChI is InChI=1S/C15H16N2O3/c1-2-3-8-16-15(20)17-9-11-6-4-5-7-12(11)13(10-17)14(18)19/h1,4-7,13H,3,8-10H2,(H,16,20)(H,18,19). The molecule has 1 aromatic carbocycles. The SMILES string of the molecule is C#CCCNC(=O)N1Cc2ccccc2C(C(=O)O)C1. The van der Waals surface area contributed by atoms with Gasteiger partial charge in [-0.15, -0.1) is 12.3 Å². The van der Waals surface area contributed by atoms with E-state index in [-0.39, 0.29) is 12.6 Å². The van der Waals surface area contributed by atoms with E-state index in [1.54, 1.807) is 0 Å². The van der Waals surface area contributed by atoms with Crippen molar-refractivity contribution < 1.29 is 14.7 Å². The number of rotatable bonds is 3. The molecule has 2 rings (SSSR count). The third kappa shape index (κ3) is 2.91. The molecular formula is C15H16N2O3. The van der Waals surface area contributed by atoms with Gasteiger partial charge in [0.1, 0.15) is 0 Å². The van der Waals surface area contributed by atoms with Crippen molar-refractivity contribution in [3.63, 3.8) is 0 Å². The van der Waals surface area contributed by atoms with E-state index < -0.39 is 11.9 Å². The third-order valence-electron chi connectivity index (χ3n) is 3.33. The second-order valence-corrected chi connectivity index (χ2v) is 4.66. The number of carbonyl (C=O) groups is 2. The van der Waals surface area contributed by atoms with E-state index in [0.29, 0.717) is 19.5 Å². The second kappa shape index (κ2) is 6.11. The van der Waals surface area contributed by atoms with Crippen LogP contribution in [0.25, 0.3) is 0 Å². The average Bonchev–Trinajstić information content (AvgIpc) is 2.46. The lowest BCUT2D eigenvalue weighted by Crippen LogP contribution is -2.45. The summed E-state index contributed by atoms with van der Waals surface area (Å²) in [6.07, 6.45) is 5.58. The molecule has 104 valence electrons. The van der Waals surface area contributed by atoms with Crippen molar-refractivity contribution >= 4 is 12.0 Å². The Balaban J connectivity index is 2.14. The molecule has 1 aromatic rings. The van der Waals surface area contributed by atoms with Crippen molar-refractivity contribution in [2.45, 2.75) is 18.9 Å². The summed E-state index contributed by atoms with van der Waals surface area (Å²) in [5.74, 6) is 0.841. The van der Waals surface area contributed by atoms with Crippen LogP contribution in [-0.2, 0) is 11.3 Å². The fourth-order valence-corrected chi connectivity index (χ4v) is 2.33.